The van der Waals surface area contributed by atoms with Crippen molar-refractivity contribution >= 4 is 16.7 Å². The van der Waals surface area contributed by atoms with E-state index in [2.05, 4.69) is 4.98 Å². The van der Waals surface area contributed by atoms with Crippen molar-refractivity contribution in [2.45, 2.75) is 12.3 Å². The molecule has 0 saturated carbocycles. The summed E-state index contributed by atoms with van der Waals surface area (Å²) in [7, 11) is 0. The van der Waals surface area contributed by atoms with E-state index in [-0.39, 0.29) is 0 Å². The van der Waals surface area contributed by atoms with Crippen LogP contribution in [0.1, 0.15) is 5.56 Å². The molecule has 0 bridgehead atoms. The van der Waals surface area contributed by atoms with Crippen molar-refractivity contribution in [3.05, 3.63) is 42.2 Å². The fourth-order valence-electron chi connectivity index (χ4n) is 1.66. The molecule has 17 heavy (non-hydrogen) atoms. The molecule has 1 N–H and O–H groups in total. The zero-order valence-corrected chi connectivity index (χ0v) is 8.73. The molecule has 2 rings (SSSR count). The van der Waals surface area contributed by atoms with Crippen molar-refractivity contribution in [3.63, 3.8) is 0 Å². The van der Waals surface area contributed by atoms with Crippen LogP contribution in [-0.4, -0.2) is 22.0 Å². The maximum Gasteiger partial charge on any atom is 0.374 e. The van der Waals surface area contributed by atoms with Crippen molar-refractivity contribution in [2.75, 3.05) is 0 Å². The normalized spacial score (nSPS) is 11.6. The van der Waals surface area contributed by atoms with E-state index in [0.717, 1.165) is 0 Å². The number of hydrogen-bond donors (Lipinski definition) is 1. The van der Waals surface area contributed by atoms with Crippen LogP contribution in [0.2, 0.25) is 0 Å². The number of aromatic nitrogens is 1. The molecule has 0 atom stereocenters. The number of nitrogens with zero attached hydrogens (tertiary/aromatic N) is 1. The summed E-state index contributed by atoms with van der Waals surface area (Å²) in [4.78, 5) is 14.3. The number of pyridine rings is 1. The van der Waals surface area contributed by atoms with Crippen LogP contribution in [0.15, 0.2) is 36.7 Å². The Hall–Kier alpha value is -2.04. The molecule has 1 heterocycles. The molecule has 0 amide bonds. The quantitative estimate of drug-likeness (QED) is 0.892. The van der Waals surface area contributed by atoms with Gasteiger partial charge in [0.1, 0.15) is 0 Å². The highest BCUT2D eigenvalue weighted by Crippen LogP contribution is 2.25. The zero-order chi connectivity index (χ0) is 12.5. The van der Waals surface area contributed by atoms with Crippen LogP contribution < -0.4 is 0 Å². The second kappa shape index (κ2) is 4.08. The number of hydrogen-bond acceptors (Lipinski definition) is 2. The van der Waals surface area contributed by atoms with Crippen LogP contribution >= 0.6 is 0 Å². The zero-order valence-electron chi connectivity index (χ0n) is 8.73. The number of carbonyl (C=O) groups is 1. The number of fused-ring (bicyclic) bond motifs is 1. The lowest BCUT2D eigenvalue weighted by atomic mass is 10.0. The van der Waals surface area contributed by atoms with Gasteiger partial charge in [-0.15, -0.1) is 0 Å². The third-order valence-electron chi connectivity index (χ3n) is 2.50. The lowest BCUT2D eigenvalue weighted by molar-refractivity contribution is -0.164. The Labute approximate surface area is 95.7 Å². The summed E-state index contributed by atoms with van der Waals surface area (Å²) in [6.45, 7) is 0. The van der Waals surface area contributed by atoms with Crippen LogP contribution in [0.25, 0.3) is 10.8 Å². The predicted molar refractivity (Wildman–Crippen MR) is 58.0 cm³/mol. The van der Waals surface area contributed by atoms with E-state index < -0.39 is 18.3 Å². The Bertz CT molecular complexity index is 564. The van der Waals surface area contributed by atoms with Gasteiger partial charge in [-0.25, -0.2) is 4.79 Å². The molecule has 3 nitrogen and oxygen atoms in total. The first-order valence-electron chi connectivity index (χ1n) is 4.93. The third kappa shape index (κ3) is 2.22. The molecule has 1 aromatic heterocycles. The number of carboxylic acids is 1. The SMILES string of the molecule is O=C(O)C(F)(F)Cc1cccc2cnccc12. The average Bonchev–Trinajstić information content (AvgIpc) is 2.29. The highest BCUT2D eigenvalue weighted by Gasteiger charge is 2.39. The minimum atomic E-state index is -3.75. The Kier molecular flexibility index (Phi) is 2.75. The van der Waals surface area contributed by atoms with Crippen molar-refractivity contribution in [3.8, 4) is 0 Å². The fraction of sp³-hybridized carbons (Fsp3) is 0.167. The molecule has 0 radical (unpaired) electrons. The maximum absolute atomic E-state index is 13.1. The van der Waals surface area contributed by atoms with E-state index in [0.29, 0.717) is 16.3 Å². The summed E-state index contributed by atoms with van der Waals surface area (Å²) >= 11 is 0. The van der Waals surface area contributed by atoms with Gasteiger partial charge in [-0.3, -0.25) is 4.98 Å². The van der Waals surface area contributed by atoms with Gasteiger partial charge in [0.2, 0.25) is 0 Å². The summed E-state index contributed by atoms with van der Waals surface area (Å²) in [6, 6.07) is 6.45. The van der Waals surface area contributed by atoms with E-state index in [1.165, 1.54) is 12.3 Å². The number of carboxylic acid groups (broad SMARTS) is 1. The van der Waals surface area contributed by atoms with E-state index in [1.54, 1.807) is 24.4 Å². The summed E-state index contributed by atoms with van der Waals surface area (Å²) in [6.07, 6.45) is 2.23. The smallest absolute Gasteiger partial charge is 0.374 e. The molecule has 0 unspecified atom stereocenters. The second-order valence-electron chi connectivity index (χ2n) is 3.70. The van der Waals surface area contributed by atoms with Crippen LogP contribution in [0.4, 0.5) is 8.78 Å². The van der Waals surface area contributed by atoms with Gasteiger partial charge >= 0.3 is 11.9 Å². The van der Waals surface area contributed by atoms with Gasteiger partial charge in [0.25, 0.3) is 0 Å². The molecule has 1 aromatic carbocycles. The first-order valence-corrected chi connectivity index (χ1v) is 4.93. The molecular weight excluding hydrogens is 228 g/mol. The van der Waals surface area contributed by atoms with Crippen molar-refractivity contribution in [2.24, 2.45) is 0 Å². The number of halogens is 2. The first kappa shape index (κ1) is 11.4. The largest absolute Gasteiger partial charge is 0.477 e. The van der Waals surface area contributed by atoms with E-state index in [1.807, 2.05) is 0 Å². The van der Waals surface area contributed by atoms with Crippen molar-refractivity contribution in [1.82, 2.24) is 4.98 Å². The lowest BCUT2D eigenvalue weighted by Crippen LogP contribution is -2.30. The van der Waals surface area contributed by atoms with Crippen LogP contribution in [0.5, 0.6) is 0 Å². The maximum atomic E-state index is 13.1. The molecule has 0 fully saturated rings. The van der Waals surface area contributed by atoms with Crippen LogP contribution in [-0.2, 0) is 11.2 Å². The van der Waals surface area contributed by atoms with Gasteiger partial charge in [-0.05, 0) is 17.0 Å². The summed E-state index contributed by atoms with van der Waals surface area (Å²) in [5, 5.41) is 9.73. The van der Waals surface area contributed by atoms with Gasteiger partial charge in [0, 0.05) is 24.2 Å². The number of alkyl halides is 2. The Morgan fingerprint density at radius 3 is 2.82 bits per heavy atom. The van der Waals surface area contributed by atoms with Gasteiger partial charge in [0.15, 0.2) is 0 Å². The Morgan fingerprint density at radius 1 is 1.35 bits per heavy atom. The summed E-state index contributed by atoms with van der Waals surface area (Å²) < 4.78 is 26.3. The minimum absolute atomic E-state index is 0.303. The number of aliphatic carboxylic acids is 1. The minimum Gasteiger partial charge on any atom is -0.477 e. The third-order valence-corrected chi connectivity index (χ3v) is 2.50. The average molecular weight is 237 g/mol. The fourth-order valence-corrected chi connectivity index (χ4v) is 1.66. The summed E-state index contributed by atoms with van der Waals surface area (Å²) in [5.74, 6) is -5.86. The lowest BCUT2D eigenvalue weighted by Gasteiger charge is -2.12. The molecule has 0 aliphatic carbocycles. The molecular formula is C12H9F2NO2. The number of rotatable bonds is 3. The standard InChI is InChI=1S/C12H9F2NO2/c13-12(14,11(16)17)6-8-2-1-3-9-7-15-5-4-10(8)9/h1-5,7H,6H2,(H,16,17). The number of benzene rings is 1. The molecule has 0 spiro atoms. The van der Waals surface area contributed by atoms with Crippen LogP contribution in [0, 0.1) is 0 Å². The first-order chi connectivity index (χ1) is 8.00. The molecule has 2 aromatic rings. The summed E-state index contributed by atoms with van der Waals surface area (Å²) in [5.41, 5.74) is 0.303. The molecule has 0 aliphatic heterocycles. The Balaban J connectivity index is 2.46. The topological polar surface area (TPSA) is 50.2 Å². The van der Waals surface area contributed by atoms with E-state index in [4.69, 9.17) is 5.11 Å². The van der Waals surface area contributed by atoms with Gasteiger partial charge < -0.3 is 5.11 Å². The van der Waals surface area contributed by atoms with E-state index >= 15 is 0 Å². The molecule has 5 heteroatoms. The molecule has 88 valence electrons. The van der Waals surface area contributed by atoms with Gasteiger partial charge in [-0.1, -0.05) is 18.2 Å². The highest BCUT2D eigenvalue weighted by atomic mass is 19.3. The van der Waals surface area contributed by atoms with Crippen molar-refractivity contribution < 1.29 is 18.7 Å². The monoisotopic (exact) mass is 237 g/mol. The van der Waals surface area contributed by atoms with Crippen molar-refractivity contribution in [1.29, 1.82) is 0 Å². The molecule has 0 saturated heterocycles. The highest BCUT2D eigenvalue weighted by molar-refractivity contribution is 5.86. The molecule has 0 aliphatic rings. The Morgan fingerprint density at radius 2 is 2.12 bits per heavy atom. The second-order valence-corrected chi connectivity index (χ2v) is 3.70. The van der Waals surface area contributed by atoms with Crippen LogP contribution in [0.3, 0.4) is 0 Å². The predicted octanol–water partition coefficient (Wildman–Crippen LogP) is 2.50. The van der Waals surface area contributed by atoms with E-state index in [9.17, 15) is 13.6 Å². The van der Waals surface area contributed by atoms with Gasteiger partial charge in [0.05, 0.1) is 0 Å². The van der Waals surface area contributed by atoms with Gasteiger partial charge in [-0.2, -0.15) is 8.78 Å².